The number of carbonyl (C=O) groups excluding carboxylic acids is 1. The van der Waals surface area contributed by atoms with Crippen molar-refractivity contribution in [3.63, 3.8) is 0 Å². The molecular formula is C17H22O. The van der Waals surface area contributed by atoms with E-state index in [1.165, 1.54) is 29.5 Å². The summed E-state index contributed by atoms with van der Waals surface area (Å²) in [6, 6.07) is 8.61. The van der Waals surface area contributed by atoms with Gasteiger partial charge in [0, 0.05) is 6.42 Å². The molecule has 0 atom stereocenters. The molecule has 1 nitrogen and oxygen atoms in total. The molecule has 1 saturated carbocycles. The van der Waals surface area contributed by atoms with Gasteiger partial charge in [-0.25, -0.2) is 0 Å². The van der Waals surface area contributed by atoms with Gasteiger partial charge in [0.1, 0.15) is 0 Å². The monoisotopic (exact) mass is 242 g/mol. The molecule has 0 bridgehead atoms. The fourth-order valence-electron chi connectivity index (χ4n) is 2.61. The molecule has 0 saturated heterocycles. The van der Waals surface area contributed by atoms with Crippen molar-refractivity contribution in [1.82, 2.24) is 0 Å². The normalized spacial score (nSPS) is 18.2. The van der Waals surface area contributed by atoms with Gasteiger partial charge in [0.15, 0.2) is 5.78 Å². The van der Waals surface area contributed by atoms with Crippen LogP contribution in [-0.4, -0.2) is 5.78 Å². The number of carbonyl (C=O) groups is 1. The first-order valence-corrected chi connectivity index (χ1v) is 7.04. The van der Waals surface area contributed by atoms with E-state index in [0.717, 1.165) is 31.3 Å². The van der Waals surface area contributed by atoms with E-state index in [1.54, 1.807) is 0 Å². The predicted molar refractivity (Wildman–Crippen MR) is 76.5 cm³/mol. The second-order valence-electron chi connectivity index (χ2n) is 5.20. The van der Waals surface area contributed by atoms with E-state index in [9.17, 15) is 4.79 Å². The zero-order chi connectivity index (χ0) is 13.0. The molecule has 1 heteroatoms. The van der Waals surface area contributed by atoms with Crippen LogP contribution in [0.15, 0.2) is 29.8 Å². The lowest BCUT2D eigenvalue weighted by atomic mass is 9.93. The Morgan fingerprint density at radius 3 is 2.44 bits per heavy atom. The number of hydrogen-bond acceptors (Lipinski definition) is 1. The number of unbranched alkanes of at least 4 members (excludes halogenated alkanes) is 1. The summed E-state index contributed by atoms with van der Waals surface area (Å²) in [5.41, 5.74) is 4.93. The quantitative estimate of drug-likeness (QED) is 0.700. The minimum atomic E-state index is 0.377. The van der Waals surface area contributed by atoms with Gasteiger partial charge in [-0.15, -0.1) is 0 Å². The number of allylic oxidation sites excluding steroid dienone is 2. The van der Waals surface area contributed by atoms with Crippen LogP contribution < -0.4 is 0 Å². The first kappa shape index (κ1) is 13.1. The fourth-order valence-corrected chi connectivity index (χ4v) is 2.61. The van der Waals surface area contributed by atoms with Gasteiger partial charge in [-0.3, -0.25) is 4.79 Å². The summed E-state index contributed by atoms with van der Waals surface area (Å²) in [5, 5.41) is 0. The van der Waals surface area contributed by atoms with Crippen LogP contribution >= 0.6 is 0 Å². The molecule has 1 aliphatic rings. The molecular weight excluding hydrogens is 220 g/mol. The van der Waals surface area contributed by atoms with E-state index < -0.39 is 0 Å². The molecule has 96 valence electrons. The van der Waals surface area contributed by atoms with Crippen molar-refractivity contribution in [2.45, 2.75) is 52.4 Å². The molecule has 0 aromatic heterocycles. The van der Waals surface area contributed by atoms with Crippen molar-refractivity contribution < 1.29 is 4.79 Å². The van der Waals surface area contributed by atoms with Crippen molar-refractivity contribution >= 4 is 11.4 Å². The molecule has 0 radical (unpaired) electrons. The van der Waals surface area contributed by atoms with Crippen molar-refractivity contribution in [3.8, 4) is 0 Å². The number of benzene rings is 1. The molecule has 2 rings (SSSR count). The highest BCUT2D eigenvalue weighted by Crippen LogP contribution is 2.32. The minimum Gasteiger partial charge on any atom is -0.295 e. The standard InChI is InChI=1S/C17H22O/c1-3-4-6-15(16-7-5-8-17(16)18)14-11-9-13(2)10-12-14/h9-12H,3-8H2,1-2H3/b16-15-. The number of Topliss-reactive ketones (excluding diaryl/α,β-unsaturated/α-hetero) is 1. The lowest BCUT2D eigenvalue weighted by Crippen LogP contribution is -1.98. The van der Waals surface area contributed by atoms with Gasteiger partial charge in [0.05, 0.1) is 0 Å². The zero-order valence-corrected chi connectivity index (χ0v) is 11.5. The number of hydrogen-bond donors (Lipinski definition) is 0. The van der Waals surface area contributed by atoms with Gasteiger partial charge >= 0.3 is 0 Å². The zero-order valence-electron chi connectivity index (χ0n) is 11.5. The van der Waals surface area contributed by atoms with Crippen molar-refractivity contribution in [3.05, 3.63) is 41.0 Å². The fraction of sp³-hybridized carbons (Fsp3) is 0.471. The van der Waals surface area contributed by atoms with Crippen LogP contribution in [0.1, 0.15) is 56.6 Å². The first-order chi connectivity index (χ1) is 8.72. The van der Waals surface area contributed by atoms with Gasteiger partial charge in [0.2, 0.25) is 0 Å². The van der Waals surface area contributed by atoms with Crippen LogP contribution in [0.25, 0.3) is 5.57 Å². The predicted octanol–water partition coefficient (Wildman–Crippen LogP) is 4.69. The summed E-state index contributed by atoms with van der Waals surface area (Å²) >= 11 is 0. The Kier molecular flexibility index (Phi) is 4.35. The van der Waals surface area contributed by atoms with E-state index >= 15 is 0 Å². The molecule has 1 aromatic rings. The minimum absolute atomic E-state index is 0.377. The van der Waals surface area contributed by atoms with Crippen LogP contribution in [-0.2, 0) is 4.79 Å². The molecule has 0 spiro atoms. The van der Waals surface area contributed by atoms with E-state index in [4.69, 9.17) is 0 Å². The van der Waals surface area contributed by atoms with Crippen LogP contribution in [0.3, 0.4) is 0 Å². The third kappa shape index (κ3) is 2.90. The summed E-state index contributed by atoms with van der Waals surface area (Å²) in [6.45, 7) is 4.30. The van der Waals surface area contributed by atoms with E-state index in [1.807, 2.05) is 0 Å². The van der Waals surface area contributed by atoms with E-state index in [-0.39, 0.29) is 0 Å². The Morgan fingerprint density at radius 1 is 1.17 bits per heavy atom. The molecule has 18 heavy (non-hydrogen) atoms. The summed E-state index contributed by atoms with van der Waals surface area (Å²) in [6.07, 6.45) is 6.15. The molecule has 0 aliphatic heterocycles. The molecule has 1 aromatic carbocycles. The summed E-state index contributed by atoms with van der Waals surface area (Å²) < 4.78 is 0. The molecule has 1 aliphatic carbocycles. The van der Waals surface area contributed by atoms with Gasteiger partial charge in [-0.2, -0.15) is 0 Å². The summed E-state index contributed by atoms with van der Waals surface area (Å²) in [4.78, 5) is 12.0. The van der Waals surface area contributed by atoms with Crippen LogP contribution in [0.5, 0.6) is 0 Å². The highest BCUT2D eigenvalue weighted by molar-refractivity contribution is 6.04. The maximum Gasteiger partial charge on any atom is 0.159 e. The molecule has 0 amide bonds. The summed E-state index contributed by atoms with van der Waals surface area (Å²) in [5.74, 6) is 0.377. The van der Waals surface area contributed by atoms with Crippen molar-refractivity contribution in [2.75, 3.05) is 0 Å². The third-order valence-electron chi connectivity index (χ3n) is 3.71. The van der Waals surface area contributed by atoms with Crippen LogP contribution in [0.2, 0.25) is 0 Å². The lowest BCUT2D eigenvalue weighted by Gasteiger charge is -2.11. The van der Waals surface area contributed by atoms with Gasteiger partial charge in [-0.05, 0) is 49.3 Å². The Hall–Kier alpha value is -1.37. The largest absolute Gasteiger partial charge is 0.295 e. The maximum atomic E-state index is 12.0. The molecule has 0 N–H and O–H groups in total. The Labute approximate surface area is 110 Å². The lowest BCUT2D eigenvalue weighted by molar-refractivity contribution is -0.114. The second-order valence-corrected chi connectivity index (χ2v) is 5.20. The maximum absolute atomic E-state index is 12.0. The molecule has 0 heterocycles. The third-order valence-corrected chi connectivity index (χ3v) is 3.71. The van der Waals surface area contributed by atoms with Crippen molar-refractivity contribution in [1.29, 1.82) is 0 Å². The van der Waals surface area contributed by atoms with E-state index in [2.05, 4.69) is 38.1 Å². The number of ketones is 1. The highest BCUT2D eigenvalue weighted by atomic mass is 16.1. The second kappa shape index (κ2) is 5.99. The van der Waals surface area contributed by atoms with Crippen LogP contribution in [0, 0.1) is 6.92 Å². The molecule has 0 unspecified atom stereocenters. The number of rotatable bonds is 4. The highest BCUT2D eigenvalue weighted by Gasteiger charge is 2.21. The van der Waals surface area contributed by atoms with Crippen molar-refractivity contribution in [2.24, 2.45) is 0 Å². The number of aryl methyl sites for hydroxylation is 1. The molecule has 1 fully saturated rings. The van der Waals surface area contributed by atoms with Gasteiger partial charge in [-0.1, -0.05) is 43.2 Å². The smallest absolute Gasteiger partial charge is 0.159 e. The Bertz CT molecular complexity index is 451. The average Bonchev–Trinajstić information content (AvgIpc) is 2.78. The Morgan fingerprint density at radius 2 is 1.89 bits per heavy atom. The van der Waals surface area contributed by atoms with Gasteiger partial charge in [0.25, 0.3) is 0 Å². The Balaban J connectivity index is 2.36. The summed E-state index contributed by atoms with van der Waals surface area (Å²) in [7, 11) is 0. The first-order valence-electron chi connectivity index (χ1n) is 7.04. The van der Waals surface area contributed by atoms with E-state index in [0.29, 0.717) is 5.78 Å². The van der Waals surface area contributed by atoms with Gasteiger partial charge < -0.3 is 0 Å². The topological polar surface area (TPSA) is 17.1 Å². The van der Waals surface area contributed by atoms with Crippen LogP contribution in [0.4, 0.5) is 0 Å². The average molecular weight is 242 g/mol. The SMILES string of the molecule is CCCC/C(=C1\CCCC1=O)c1ccc(C)cc1.